The first kappa shape index (κ1) is 33.9. The molecule has 4 aliphatic carbocycles. The molecule has 11 unspecified atom stereocenters. The van der Waals surface area contributed by atoms with Crippen LogP contribution in [0.4, 0.5) is 0 Å². The summed E-state index contributed by atoms with van der Waals surface area (Å²) in [5.74, 6) is 0.00696. The van der Waals surface area contributed by atoms with Crippen molar-refractivity contribution in [3.05, 3.63) is 22.8 Å². The van der Waals surface area contributed by atoms with Gasteiger partial charge in [0.05, 0.1) is 24.4 Å². The number of aliphatic hydroxyl groups is 5. The fourth-order valence-corrected chi connectivity index (χ4v) is 9.79. The van der Waals surface area contributed by atoms with Crippen LogP contribution in [0.5, 0.6) is 0 Å². The summed E-state index contributed by atoms with van der Waals surface area (Å²) in [6.07, 6.45) is 0.125. The predicted octanol–water partition coefficient (Wildman–Crippen LogP) is 3.39. The minimum atomic E-state index is -1.40. The Bertz CT molecular complexity index is 1210. The summed E-state index contributed by atoms with van der Waals surface area (Å²) in [4.78, 5) is 26.6. The molecule has 248 valence electrons. The summed E-state index contributed by atoms with van der Waals surface area (Å²) in [6, 6.07) is 0. The summed E-state index contributed by atoms with van der Waals surface area (Å²) in [6.45, 7) is 13.8. The quantitative estimate of drug-likeness (QED) is 0.270. The molecule has 1 saturated heterocycles. The van der Waals surface area contributed by atoms with Gasteiger partial charge in [-0.25, -0.2) is 0 Å². The zero-order chi connectivity index (χ0) is 32.6. The Balaban J connectivity index is 1.37. The third-order valence-corrected chi connectivity index (χ3v) is 12.3. The second-order valence-electron chi connectivity index (χ2n) is 16.3. The van der Waals surface area contributed by atoms with Crippen LogP contribution in [-0.4, -0.2) is 86.1 Å². The molecule has 2 fully saturated rings. The van der Waals surface area contributed by atoms with Gasteiger partial charge in [-0.15, -0.1) is 0 Å². The van der Waals surface area contributed by atoms with E-state index in [2.05, 4.69) is 33.8 Å². The largest absolute Gasteiger partial charge is 0.390 e. The van der Waals surface area contributed by atoms with E-state index in [9.17, 15) is 35.1 Å². The van der Waals surface area contributed by atoms with Crippen molar-refractivity contribution in [2.75, 3.05) is 6.61 Å². The highest BCUT2D eigenvalue weighted by molar-refractivity contribution is 5.87. The molecule has 1 saturated carbocycles. The highest BCUT2D eigenvalue weighted by Gasteiger charge is 2.64. The molecule has 0 amide bonds. The number of hydrogen-bond acceptors (Lipinski definition) is 9. The van der Waals surface area contributed by atoms with E-state index in [1.54, 1.807) is 13.8 Å². The molecule has 1 aliphatic heterocycles. The van der Waals surface area contributed by atoms with Gasteiger partial charge in [0.2, 0.25) is 0 Å². The van der Waals surface area contributed by atoms with E-state index in [1.807, 2.05) is 6.92 Å². The van der Waals surface area contributed by atoms with Gasteiger partial charge in [-0.05, 0) is 67.8 Å². The molecule has 0 aromatic heterocycles. The van der Waals surface area contributed by atoms with Crippen LogP contribution in [0.25, 0.3) is 0 Å². The van der Waals surface area contributed by atoms with Gasteiger partial charge < -0.3 is 35.0 Å². The molecular formula is C35H54O9. The van der Waals surface area contributed by atoms with E-state index in [4.69, 9.17) is 9.47 Å². The lowest BCUT2D eigenvalue weighted by Gasteiger charge is -2.53. The van der Waals surface area contributed by atoms with Crippen LogP contribution < -0.4 is 0 Å². The van der Waals surface area contributed by atoms with Crippen molar-refractivity contribution < 1.29 is 44.6 Å². The van der Waals surface area contributed by atoms with Crippen molar-refractivity contribution in [3.63, 3.8) is 0 Å². The van der Waals surface area contributed by atoms with Crippen LogP contribution in [0.2, 0.25) is 0 Å². The Morgan fingerprint density at radius 3 is 2.45 bits per heavy atom. The van der Waals surface area contributed by atoms with Crippen LogP contribution in [0.1, 0.15) is 99.8 Å². The Morgan fingerprint density at radius 1 is 1.11 bits per heavy atom. The average molecular weight is 619 g/mol. The first-order chi connectivity index (χ1) is 20.3. The molecule has 9 nitrogen and oxygen atoms in total. The highest BCUT2D eigenvalue weighted by Crippen LogP contribution is 2.68. The number of rotatable bonds is 7. The second-order valence-corrected chi connectivity index (χ2v) is 16.3. The Morgan fingerprint density at radius 2 is 1.80 bits per heavy atom. The van der Waals surface area contributed by atoms with E-state index in [-0.39, 0.29) is 59.6 Å². The molecule has 44 heavy (non-hydrogen) atoms. The second kappa shape index (κ2) is 11.7. The van der Waals surface area contributed by atoms with Gasteiger partial charge in [-0.2, -0.15) is 0 Å². The lowest BCUT2D eigenvalue weighted by molar-refractivity contribution is -0.292. The number of carbonyl (C=O) groups excluding carboxylic acids is 2. The molecule has 1 heterocycles. The molecule has 0 aromatic rings. The number of allylic oxidation sites excluding steroid dienone is 2. The fraction of sp³-hybridized carbons (Fsp3) is 0.829. The number of hydrogen-bond donors (Lipinski definition) is 5. The third kappa shape index (κ3) is 5.69. The summed E-state index contributed by atoms with van der Waals surface area (Å²) in [5.41, 5.74) is 1.29. The number of ketones is 2. The molecule has 0 aromatic carbocycles. The molecule has 5 aliphatic rings. The van der Waals surface area contributed by atoms with E-state index in [1.165, 1.54) is 5.57 Å². The highest BCUT2D eigenvalue weighted by atomic mass is 16.7. The number of ether oxygens (including phenoxy) is 2. The SMILES string of the molecule is CC(CC(=O)CC(C)(C)O)C1C(=O)CC2(C)C3CCC4=C(CC3=CCC12C)C(O)CC(OC1OCC(O)C(O)C1O)C4(C)C. The van der Waals surface area contributed by atoms with E-state index >= 15 is 0 Å². The lowest BCUT2D eigenvalue weighted by Crippen LogP contribution is -2.56. The molecule has 9 heteroatoms. The van der Waals surface area contributed by atoms with E-state index in [0.717, 1.165) is 30.4 Å². The first-order valence-electron chi connectivity index (χ1n) is 16.5. The summed E-state index contributed by atoms with van der Waals surface area (Å²) in [7, 11) is 0. The third-order valence-electron chi connectivity index (χ3n) is 12.3. The van der Waals surface area contributed by atoms with Crippen molar-refractivity contribution in [1.29, 1.82) is 0 Å². The average Bonchev–Trinajstić information content (AvgIpc) is 3.01. The molecular weight excluding hydrogens is 564 g/mol. The molecule has 11 atom stereocenters. The van der Waals surface area contributed by atoms with Crippen molar-refractivity contribution in [2.24, 2.45) is 34.0 Å². The molecule has 0 spiro atoms. The standard InChI is InChI=1S/C35H54O9/c1-18(12-20(36)15-32(2,3)42)28-25(38)16-35(7)22-8-9-23-21(13-19(22)10-11-34(28,35)6)24(37)14-27(33(23,4)5)44-31-30(41)29(40)26(39)17-43-31/h10,18,22,24,26-31,37,39-42H,8-9,11-17H2,1-7H3. The van der Waals surface area contributed by atoms with Crippen LogP contribution in [-0.2, 0) is 19.1 Å². The van der Waals surface area contributed by atoms with Gasteiger partial charge in [0, 0.05) is 37.0 Å². The summed E-state index contributed by atoms with van der Waals surface area (Å²) < 4.78 is 11.8. The zero-order valence-corrected chi connectivity index (χ0v) is 27.5. The van der Waals surface area contributed by atoms with Crippen LogP contribution in [0.3, 0.4) is 0 Å². The lowest BCUT2D eigenvalue weighted by atomic mass is 9.51. The van der Waals surface area contributed by atoms with Crippen LogP contribution in [0.15, 0.2) is 22.8 Å². The monoisotopic (exact) mass is 618 g/mol. The van der Waals surface area contributed by atoms with Crippen molar-refractivity contribution in [2.45, 2.75) is 142 Å². The maximum absolute atomic E-state index is 13.8. The van der Waals surface area contributed by atoms with Crippen LogP contribution in [0, 0.1) is 34.0 Å². The maximum Gasteiger partial charge on any atom is 0.186 e. The number of fused-ring (bicyclic) bond motifs is 3. The summed E-state index contributed by atoms with van der Waals surface area (Å²) >= 11 is 0. The van der Waals surface area contributed by atoms with Crippen molar-refractivity contribution >= 4 is 11.6 Å². The van der Waals surface area contributed by atoms with Crippen LogP contribution >= 0.6 is 0 Å². The van der Waals surface area contributed by atoms with Gasteiger partial charge >= 0.3 is 0 Å². The normalized spacial score (nSPS) is 43.0. The number of carbonyl (C=O) groups is 2. The van der Waals surface area contributed by atoms with Gasteiger partial charge in [0.25, 0.3) is 0 Å². The molecule has 0 radical (unpaired) electrons. The maximum atomic E-state index is 13.8. The number of Topliss-reactive ketones (excluding diaryl/α,β-unsaturated/α-hetero) is 2. The summed E-state index contributed by atoms with van der Waals surface area (Å²) in [5, 5.41) is 52.2. The Hall–Kier alpha value is -1.46. The molecule has 5 N–H and O–H groups in total. The van der Waals surface area contributed by atoms with E-state index < -0.39 is 47.8 Å². The molecule has 5 rings (SSSR count). The smallest absolute Gasteiger partial charge is 0.186 e. The minimum absolute atomic E-state index is 0.0155. The zero-order valence-electron chi connectivity index (χ0n) is 27.5. The minimum Gasteiger partial charge on any atom is -0.390 e. The Labute approximate surface area is 261 Å². The topological polar surface area (TPSA) is 154 Å². The predicted molar refractivity (Wildman–Crippen MR) is 163 cm³/mol. The van der Waals surface area contributed by atoms with Gasteiger partial charge in [0.15, 0.2) is 6.29 Å². The molecule has 0 bridgehead atoms. The van der Waals surface area contributed by atoms with Gasteiger partial charge in [0.1, 0.15) is 29.9 Å². The van der Waals surface area contributed by atoms with Gasteiger partial charge in [-0.1, -0.05) is 51.8 Å². The van der Waals surface area contributed by atoms with Crippen molar-refractivity contribution in [3.8, 4) is 0 Å². The van der Waals surface area contributed by atoms with E-state index in [0.29, 0.717) is 19.3 Å². The Kier molecular flexibility index (Phi) is 8.98. The number of aliphatic hydroxyl groups excluding tert-OH is 4. The fourth-order valence-electron chi connectivity index (χ4n) is 9.79. The van der Waals surface area contributed by atoms with Gasteiger partial charge in [-0.3, -0.25) is 9.59 Å². The van der Waals surface area contributed by atoms with Crippen molar-refractivity contribution in [1.82, 2.24) is 0 Å². The first-order valence-corrected chi connectivity index (χ1v) is 16.5.